The topological polar surface area (TPSA) is 59.0 Å². The number of carboxylic acid groups (broad SMARTS) is 1. The van der Waals surface area contributed by atoms with Crippen molar-refractivity contribution in [3.8, 4) is 5.75 Å². The summed E-state index contributed by atoms with van der Waals surface area (Å²) in [5.41, 5.74) is 2.32. The fourth-order valence-corrected chi connectivity index (χ4v) is 2.39. The third kappa shape index (κ3) is 4.72. The molecule has 0 amide bonds. The van der Waals surface area contributed by atoms with Gasteiger partial charge in [0.15, 0.2) is 6.10 Å². The number of hydrogen-bond acceptors (Lipinski definition) is 4. The molecule has 0 aliphatic carbocycles. The van der Waals surface area contributed by atoms with Crippen molar-refractivity contribution in [1.82, 2.24) is 4.90 Å². The molecule has 1 aliphatic heterocycles. The van der Waals surface area contributed by atoms with Crippen LogP contribution in [-0.2, 0) is 9.53 Å². The highest BCUT2D eigenvalue weighted by molar-refractivity contribution is 5.72. The van der Waals surface area contributed by atoms with E-state index in [4.69, 9.17) is 14.6 Å². The number of ether oxygens (including phenoxy) is 2. The monoisotopic (exact) mass is 293 g/mol. The van der Waals surface area contributed by atoms with E-state index < -0.39 is 12.1 Å². The van der Waals surface area contributed by atoms with Crippen molar-refractivity contribution in [2.24, 2.45) is 0 Å². The first kappa shape index (κ1) is 15.8. The van der Waals surface area contributed by atoms with Gasteiger partial charge in [-0.3, -0.25) is 4.90 Å². The molecule has 2 rings (SSSR count). The molecule has 1 atom stereocenters. The van der Waals surface area contributed by atoms with Gasteiger partial charge in [0.2, 0.25) is 0 Å². The number of aryl methyl sites for hydroxylation is 2. The summed E-state index contributed by atoms with van der Waals surface area (Å²) < 4.78 is 11.0. The Hall–Kier alpha value is -1.59. The molecule has 1 aromatic carbocycles. The maximum Gasteiger partial charge on any atom is 0.334 e. The molecule has 1 N–H and O–H groups in total. The molecule has 1 fully saturated rings. The quantitative estimate of drug-likeness (QED) is 0.811. The summed E-state index contributed by atoms with van der Waals surface area (Å²) in [4.78, 5) is 13.0. The zero-order valence-corrected chi connectivity index (χ0v) is 12.7. The number of carbonyl (C=O) groups is 1. The van der Waals surface area contributed by atoms with Crippen LogP contribution in [0.5, 0.6) is 5.75 Å². The Bertz CT molecular complexity index is 489. The first-order valence-corrected chi connectivity index (χ1v) is 7.33. The molecule has 0 bridgehead atoms. The van der Waals surface area contributed by atoms with E-state index >= 15 is 0 Å². The second-order valence-electron chi connectivity index (χ2n) is 5.47. The smallest absolute Gasteiger partial charge is 0.334 e. The Kier molecular flexibility index (Phi) is 5.59. The van der Waals surface area contributed by atoms with Crippen LogP contribution in [0.2, 0.25) is 0 Å². The van der Waals surface area contributed by atoms with Gasteiger partial charge in [-0.1, -0.05) is 12.1 Å². The van der Waals surface area contributed by atoms with Crippen LogP contribution in [0.25, 0.3) is 0 Å². The van der Waals surface area contributed by atoms with Gasteiger partial charge in [0.05, 0.1) is 13.2 Å². The largest absolute Gasteiger partial charge is 0.493 e. The molecular weight excluding hydrogens is 270 g/mol. The van der Waals surface area contributed by atoms with Crippen LogP contribution < -0.4 is 4.74 Å². The number of benzene rings is 1. The lowest BCUT2D eigenvalue weighted by Gasteiger charge is -2.30. The maximum absolute atomic E-state index is 10.9. The number of hydrogen-bond donors (Lipinski definition) is 1. The lowest BCUT2D eigenvalue weighted by molar-refractivity contribution is -0.156. The lowest BCUT2D eigenvalue weighted by atomic mass is 10.1. The molecule has 1 saturated heterocycles. The van der Waals surface area contributed by atoms with Crippen LogP contribution in [0.1, 0.15) is 17.5 Å². The predicted octanol–water partition coefficient (Wildman–Crippen LogP) is 1.86. The average Bonchev–Trinajstić information content (AvgIpc) is 2.47. The Labute approximate surface area is 125 Å². The second-order valence-corrected chi connectivity index (χ2v) is 5.47. The van der Waals surface area contributed by atoms with E-state index in [1.165, 1.54) is 5.56 Å². The van der Waals surface area contributed by atoms with Crippen LogP contribution in [0, 0.1) is 13.8 Å². The van der Waals surface area contributed by atoms with Crippen LogP contribution >= 0.6 is 0 Å². The summed E-state index contributed by atoms with van der Waals surface area (Å²) in [6, 6.07) is 6.18. The normalized spacial score (nSPS) is 19.4. The Morgan fingerprint density at radius 1 is 1.48 bits per heavy atom. The number of carboxylic acids is 1. The maximum atomic E-state index is 10.9. The minimum atomic E-state index is -0.883. The predicted molar refractivity (Wildman–Crippen MR) is 79.8 cm³/mol. The molecule has 5 heteroatoms. The van der Waals surface area contributed by atoms with Crippen molar-refractivity contribution in [1.29, 1.82) is 0 Å². The van der Waals surface area contributed by atoms with Crippen molar-refractivity contribution in [3.05, 3.63) is 29.3 Å². The summed E-state index contributed by atoms with van der Waals surface area (Å²) in [5.74, 6) is 0.0479. The third-order valence-corrected chi connectivity index (χ3v) is 3.65. The number of nitrogens with zero attached hydrogens (tertiary/aromatic N) is 1. The molecular formula is C16H23NO4. The van der Waals surface area contributed by atoms with Crippen molar-refractivity contribution >= 4 is 5.97 Å². The number of aliphatic carboxylic acids is 1. The van der Waals surface area contributed by atoms with E-state index in [1.54, 1.807) is 0 Å². The molecule has 21 heavy (non-hydrogen) atoms. The molecule has 1 aliphatic rings. The van der Waals surface area contributed by atoms with Gasteiger partial charge in [0.25, 0.3) is 0 Å². The zero-order chi connectivity index (χ0) is 15.2. The molecule has 1 aromatic rings. The van der Waals surface area contributed by atoms with E-state index in [1.807, 2.05) is 19.9 Å². The van der Waals surface area contributed by atoms with Gasteiger partial charge in [0, 0.05) is 19.6 Å². The minimum Gasteiger partial charge on any atom is -0.493 e. The van der Waals surface area contributed by atoms with Crippen molar-refractivity contribution in [2.75, 3.05) is 32.8 Å². The summed E-state index contributed by atoms with van der Waals surface area (Å²) >= 11 is 0. The molecule has 116 valence electrons. The molecule has 0 spiro atoms. The van der Waals surface area contributed by atoms with E-state index in [-0.39, 0.29) is 0 Å². The van der Waals surface area contributed by atoms with Crippen LogP contribution in [0.3, 0.4) is 0 Å². The molecule has 5 nitrogen and oxygen atoms in total. The second kappa shape index (κ2) is 7.43. The van der Waals surface area contributed by atoms with Crippen molar-refractivity contribution in [2.45, 2.75) is 26.4 Å². The average molecular weight is 293 g/mol. The molecule has 0 saturated carbocycles. The molecule has 0 radical (unpaired) electrons. The minimum absolute atomic E-state index is 0.457. The van der Waals surface area contributed by atoms with Crippen molar-refractivity contribution in [3.63, 3.8) is 0 Å². The summed E-state index contributed by atoms with van der Waals surface area (Å²) in [5, 5.41) is 8.96. The van der Waals surface area contributed by atoms with E-state index in [0.717, 1.165) is 30.8 Å². The fraction of sp³-hybridized carbons (Fsp3) is 0.562. The third-order valence-electron chi connectivity index (χ3n) is 3.65. The van der Waals surface area contributed by atoms with E-state index in [2.05, 4.69) is 17.0 Å². The van der Waals surface area contributed by atoms with E-state index in [9.17, 15) is 4.79 Å². The van der Waals surface area contributed by atoms with Crippen LogP contribution in [-0.4, -0.2) is 54.9 Å². The zero-order valence-electron chi connectivity index (χ0n) is 12.7. The number of morpholine rings is 1. The fourth-order valence-electron chi connectivity index (χ4n) is 2.39. The first-order valence-electron chi connectivity index (χ1n) is 7.33. The Morgan fingerprint density at radius 3 is 3.05 bits per heavy atom. The number of rotatable bonds is 6. The van der Waals surface area contributed by atoms with Gasteiger partial charge >= 0.3 is 5.97 Å². The highest BCUT2D eigenvalue weighted by Gasteiger charge is 2.25. The van der Waals surface area contributed by atoms with Gasteiger partial charge in [-0.25, -0.2) is 4.79 Å². The highest BCUT2D eigenvalue weighted by atomic mass is 16.5. The Balaban J connectivity index is 1.72. The first-order chi connectivity index (χ1) is 10.1. The summed E-state index contributed by atoms with van der Waals surface area (Å²) in [6.45, 7) is 7.28. The Morgan fingerprint density at radius 2 is 2.29 bits per heavy atom. The van der Waals surface area contributed by atoms with Gasteiger partial charge in [-0.05, 0) is 37.5 Å². The van der Waals surface area contributed by atoms with Gasteiger partial charge in [-0.2, -0.15) is 0 Å². The van der Waals surface area contributed by atoms with Crippen molar-refractivity contribution < 1.29 is 19.4 Å². The molecule has 1 unspecified atom stereocenters. The molecule has 0 aromatic heterocycles. The highest BCUT2D eigenvalue weighted by Crippen LogP contribution is 2.19. The van der Waals surface area contributed by atoms with Gasteiger partial charge < -0.3 is 14.6 Å². The van der Waals surface area contributed by atoms with Crippen LogP contribution in [0.15, 0.2) is 18.2 Å². The molecule has 1 heterocycles. The summed E-state index contributed by atoms with van der Waals surface area (Å²) in [7, 11) is 0. The SMILES string of the molecule is Cc1ccc(C)c(OCCCN2CCOC(C(=O)O)C2)c1. The van der Waals surface area contributed by atoms with Crippen LogP contribution in [0.4, 0.5) is 0 Å². The summed E-state index contributed by atoms with van der Waals surface area (Å²) in [6.07, 6.45) is 0.179. The standard InChI is InChI=1S/C16H23NO4/c1-12-4-5-13(2)14(10-12)20-8-3-6-17-7-9-21-15(11-17)16(18)19/h4-5,10,15H,3,6-9,11H2,1-2H3,(H,18,19). The van der Waals surface area contributed by atoms with Gasteiger partial charge in [0.1, 0.15) is 5.75 Å². The lowest BCUT2D eigenvalue weighted by Crippen LogP contribution is -2.46. The van der Waals surface area contributed by atoms with E-state index in [0.29, 0.717) is 19.8 Å². The van der Waals surface area contributed by atoms with Gasteiger partial charge in [-0.15, -0.1) is 0 Å².